The molecule has 110 valence electrons. The largest absolute Gasteiger partial charge is 0.342 e. The van der Waals surface area contributed by atoms with Crippen LogP contribution < -0.4 is 10.6 Å². The third-order valence-corrected chi connectivity index (χ3v) is 5.40. The van der Waals surface area contributed by atoms with E-state index in [1.165, 1.54) is 11.3 Å². The summed E-state index contributed by atoms with van der Waals surface area (Å²) in [6, 6.07) is 7.32. The van der Waals surface area contributed by atoms with Crippen molar-refractivity contribution in [3.05, 3.63) is 49.0 Å². The molecule has 4 nitrogen and oxygen atoms in total. The minimum absolute atomic E-state index is 0.0711. The van der Waals surface area contributed by atoms with Crippen molar-refractivity contribution in [3.8, 4) is 0 Å². The molecule has 0 saturated carbocycles. The maximum Gasteiger partial charge on any atom is 0.262 e. The zero-order valence-electron chi connectivity index (χ0n) is 11.1. The van der Waals surface area contributed by atoms with Crippen molar-refractivity contribution in [2.45, 2.75) is 6.92 Å². The fourth-order valence-corrected chi connectivity index (χ4v) is 3.34. The van der Waals surface area contributed by atoms with Crippen molar-refractivity contribution in [3.63, 3.8) is 0 Å². The lowest BCUT2D eigenvalue weighted by atomic mass is 10.2. The van der Waals surface area contributed by atoms with E-state index in [2.05, 4.69) is 42.5 Å². The van der Waals surface area contributed by atoms with Crippen LogP contribution in [0.5, 0.6) is 0 Å². The molecule has 0 bridgehead atoms. The van der Waals surface area contributed by atoms with E-state index in [4.69, 9.17) is 0 Å². The van der Waals surface area contributed by atoms with Gasteiger partial charge in [0, 0.05) is 14.6 Å². The molecule has 2 rings (SSSR count). The molecule has 2 aromatic rings. The van der Waals surface area contributed by atoms with E-state index < -0.39 is 0 Å². The minimum Gasteiger partial charge on any atom is -0.342 e. The van der Waals surface area contributed by atoms with E-state index in [-0.39, 0.29) is 18.4 Å². The predicted octanol–water partition coefficient (Wildman–Crippen LogP) is 3.95. The quantitative estimate of drug-likeness (QED) is 0.769. The van der Waals surface area contributed by atoms with Crippen molar-refractivity contribution in [1.82, 2.24) is 5.32 Å². The Balaban J connectivity index is 1.89. The molecule has 7 heteroatoms. The molecule has 0 unspecified atom stereocenters. The number of hydrogen-bond acceptors (Lipinski definition) is 3. The number of amides is 2. The van der Waals surface area contributed by atoms with Gasteiger partial charge < -0.3 is 10.6 Å². The van der Waals surface area contributed by atoms with Crippen LogP contribution in [0.3, 0.4) is 0 Å². The SMILES string of the molecule is Cc1cc(NC(=O)CNC(=O)c2sccc2Br)ccc1Br. The Morgan fingerprint density at radius 2 is 1.95 bits per heavy atom. The number of hydrogen-bond donors (Lipinski definition) is 2. The van der Waals surface area contributed by atoms with Gasteiger partial charge in [0.2, 0.25) is 5.91 Å². The third-order valence-electron chi connectivity index (χ3n) is 2.67. The van der Waals surface area contributed by atoms with Crippen LogP contribution in [0.25, 0.3) is 0 Å². The van der Waals surface area contributed by atoms with E-state index in [0.717, 1.165) is 14.5 Å². The second-order valence-electron chi connectivity index (χ2n) is 4.29. The highest BCUT2D eigenvalue weighted by atomic mass is 79.9. The summed E-state index contributed by atoms with van der Waals surface area (Å²) in [7, 11) is 0. The summed E-state index contributed by atoms with van der Waals surface area (Å²) in [4.78, 5) is 24.2. The summed E-state index contributed by atoms with van der Waals surface area (Å²) in [6.07, 6.45) is 0. The van der Waals surface area contributed by atoms with Gasteiger partial charge in [-0.1, -0.05) is 15.9 Å². The molecule has 0 aliphatic carbocycles. The molecule has 1 aromatic heterocycles. The maximum atomic E-state index is 11.9. The van der Waals surface area contributed by atoms with Gasteiger partial charge in [-0.15, -0.1) is 11.3 Å². The van der Waals surface area contributed by atoms with E-state index in [1.807, 2.05) is 24.4 Å². The zero-order valence-corrected chi connectivity index (χ0v) is 15.1. The summed E-state index contributed by atoms with van der Waals surface area (Å²) >= 11 is 8.01. The molecule has 0 saturated heterocycles. The van der Waals surface area contributed by atoms with Gasteiger partial charge in [0.1, 0.15) is 4.88 Å². The number of carbonyl (C=O) groups is 2. The van der Waals surface area contributed by atoms with Crippen LogP contribution >= 0.6 is 43.2 Å². The van der Waals surface area contributed by atoms with Crippen LogP contribution in [0.2, 0.25) is 0 Å². The summed E-state index contributed by atoms with van der Waals surface area (Å²) in [5.41, 5.74) is 1.73. The standard InChI is InChI=1S/C14H12Br2N2O2S/c1-8-6-9(2-3-10(8)15)18-12(19)7-17-14(20)13-11(16)4-5-21-13/h2-6H,7H2,1H3,(H,17,20)(H,18,19). The van der Waals surface area contributed by atoms with Crippen molar-refractivity contribution in [2.24, 2.45) is 0 Å². The number of aryl methyl sites for hydroxylation is 1. The molecule has 2 N–H and O–H groups in total. The van der Waals surface area contributed by atoms with Gasteiger partial charge in [-0.05, 0) is 58.1 Å². The van der Waals surface area contributed by atoms with Crippen molar-refractivity contribution >= 4 is 60.7 Å². The van der Waals surface area contributed by atoms with Crippen LogP contribution in [0.1, 0.15) is 15.2 Å². The molecule has 0 spiro atoms. The number of nitrogens with one attached hydrogen (secondary N) is 2. The van der Waals surface area contributed by atoms with Crippen molar-refractivity contribution in [1.29, 1.82) is 0 Å². The topological polar surface area (TPSA) is 58.2 Å². The number of thiophene rings is 1. The van der Waals surface area contributed by atoms with Gasteiger partial charge in [0.05, 0.1) is 6.54 Å². The minimum atomic E-state index is -0.266. The van der Waals surface area contributed by atoms with Gasteiger partial charge in [-0.2, -0.15) is 0 Å². The normalized spacial score (nSPS) is 10.2. The molecule has 0 radical (unpaired) electrons. The third kappa shape index (κ3) is 4.39. The van der Waals surface area contributed by atoms with E-state index in [1.54, 1.807) is 12.1 Å². The second kappa shape index (κ2) is 7.20. The highest BCUT2D eigenvalue weighted by Crippen LogP contribution is 2.22. The fraction of sp³-hybridized carbons (Fsp3) is 0.143. The number of anilines is 1. The molecular formula is C14H12Br2N2O2S. The molecule has 0 aliphatic heterocycles. The average molecular weight is 432 g/mol. The highest BCUT2D eigenvalue weighted by Gasteiger charge is 2.12. The molecule has 2 amide bonds. The summed E-state index contributed by atoms with van der Waals surface area (Å²) in [6.45, 7) is 1.87. The Labute approximate surface area is 143 Å². The first kappa shape index (κ1) is 16.2. The number of carbonyl (C=O) groups excluding carboxylic acids is 2. The lowest BCUT2D eigenvalue weighted by Gasteiger charge is -2.08. The van der Waals surface area contributed by atoms with Crippen LogP contribution in [-0.4, -0.2) is 18.4 Å². The molecule has 0 aliphatic rings. The van der Waals surface area contributed by atoms with Gasteiger partial charge in [-0.3, -0.25) is 9.59 Å². The summed E-state index contributed by atoms with van der Waals surface area (Å²) in [5.74, 6) is -0.531. The summed E-state index contributed by atoms with van der Waals surface area (Å²) < 4.78 is 1.71. The Kier molecular flexibility index (Phi) is 5.55. The first-order valence-corrected chi connectivity index (χ1v) is 8.51. The number of halogens is 2. The first-order valence-electron chi connectivity index (χ1n) is 6.04. The van der Waals surface area contributed by atoms with E-state index in [0.29, 0.717) is 10.6 Å². The Hall–Kier alpha value is -1.18. The number of rotatable bonds is 4. The lowest BCUT2D eigenvalue weighted by molar-refractivity contribution is -0.115. The monoisotopic (exact) mass is 430 g/mol. The highest BCUT2D eigenvalue weighted by molar-refractivity contribution is 9.10. The molecule has 1 aromatic carbocycles. The molecule has 0 fully saturated rings. The molecule has 1 heterocycles. The maximum absolute atomic E-state index is 11.9. The van der Waals surface area contributed by atoms with Crippen LogP contribution in [0.15, 0.2) is 38.6 Å². The van der Waals surface area contributed by atoms with Crippen LogP contribution in [0.4, 0.5) is 5.69 Å². The van der Waals surface area contributed by atoms with Gasteiger partial charge in [0.15, 0.2) is 0 Å². The Morgan fingerprint density at radius 1 is 1.19 bits per heavy atom. The van der Waals surface area contributed by atoms with Crippen molar-refractivity contribution < 1.29 is 9.59 Å². The fourth-order valence-electron chi connectivity index (χ4n) is 1.62. The summed E-state index contributed by atoms with van der Waals surface area (Å²) in [5, 5.41) is 7.14. The Bertz CT molecular complexity index is 685. The molecule has 0 atom stereocenters. The molecular weight excluding hydrogens is 420 g/mol. The number of benzene rings is 1. The van der Waals surface area contributed by atoms with Gasteiger partial charge in [0.25, 0.3) is 5.91 Å². The van der Waals surface area contributed by atoms with E-state index in [9.17, 15) is 9.59 Å². The van der Waals surface area contributed by atoms with Gasteiger partial charge >= 0.3 is 0 Å². The zero-order chi connectivity index (χ0) is 15.4. The van der Waals surface area contributed by atoms with Crippen LogP contribution in [-0.2, 0) is 4.79 Å². The predicted molar refractivity (Wildman–Crippen MR) is 91.9 cm³/mol. The smallest absolute Gasteiger partial charge is 0.262 e. The average Bonchev–Trinajstić information content (AvgIpc) is 2.86. The Morgan fingerprint density at radius 3 is 2.57 bits per heavy atom. The van der Waals surface area contributed by atoms with Crippen molar-refractivity contribution in [2.75, 3.05) is 11.9 Å². The van der Waals surface area contributed by atoms with Gasteiger partial charge in [-0.25, -0.2) is 0 Å². The first-order chi connectivity index (χ1) is 9.97. The van der Waals surface area contributed by atoms with E-state index >= 15 is 0 Å². The molecule has 21 heavy (non-hydrogen) atoms. The van der Waals surface area contributed by atoms with Crippen LogP contribution in [0, 0.1) is 6.92 Å². The second-order valence-corrected chi connectivity index (χ2v) is 6.92. The lowest BCUT2D eigenvalue weighted by Crippen LogP contribution is -2.32.